The molecule has 3 aromatic rings. The topological polar surface area (TPSA) is 103 Å². The van der Waals surface area contributed by atoms with Crippen molar-refractivity contribution < 1.29 is 25.2 Å². The van der Waals surface area contributed by atoms with Crippen LogP contribution in [0.3, 0.4) is 0 Å². The van der Waals surface area contributed by atoms with Crippen LogP contribution in [0.2, 0.25) is 0 Å². The maximum Gasteiger partial charge on any atom is 0.113 e. The third-order valence-corrected chi connectivity index (χ3v) is 6.31. The zero-order valence-corrected chi connectivity index (χ0v) is 16.2. The van der Waals surface area contributed by atoms with Crippen LogP contribution in [0.25, 0.3) is 10.2 Å². The summed E-state index contributed by atoms with van der Waals surface area (Å²) in [6, 6.07) is 13.7. The summed E-state index contributed by atoms with van der Waals surface area (Å²) in [5, 5.41) is 40.8. The zero-order valence-electron chi connectivity index (χ0n) is 15.4. The Morgan fingerprint density at radius 2 is 1.82 bits per heavy atom. The Bertz CT molecular complexity index is 939. The Morgan fingerprint density at radius 3 is 2.57 bits per heavy atom. The Balaban J connectivity index is 1.63. The van der Waals surface area contributed by atoms with Crippen LogP contribution in [0.15, 0.2) is 42.5 Å². The van der Waals surface area contributed by atoms with E-state index in [9.17, 15) is 20.4 Å². The van der Waals surface area contributed by atoms with Crippen LogP contribution in [-0.4, -0.2) is 56.4 Å². The van der Waals surface area contributed by atoms with Crippen LogP contribution >= 0.6 is 11.3 Å². The monoisotopic (exact) mass is 401 g/mol. The van der Waals surface area contributed by atoms with Crippen molar-refractivity contribution in [2.24, 2.45) is 0 Å². The number of para-hydroxylation sites is 1. The molecular formula is C21H23NO5S. The average molecular weight is 401 g/mol. The van der Waals surface area contributed by atoms with E-state index < -0.39 is 37.1 Å². The molecule has 0 spiro atoms. The van der Waals surface area contributed by atoms with E-state index in [1.54, 1.807) is 11.3 Å². The predicted molar refractivity (Wildman–Crippen MR) is 106 cm³/mol. The smallest absolute Gasteiger partial charge is 0.113 e. The number of hydrogen-bond acceptors (Lipinski definition) is 7. The van der Waals surface area contributed by atoms with Crippen LogP contribution in [0, 0.1) is 6.92 Å². The fourth-order valence-electron chi connectivity index (χ4n) is 3.59. The number of aromatic nitrogens is 1. The minimum atomic E-state index is -1.38. The number of aryl methyl sites for hydroxylation is 1. The van der Waals surface area contributed by atoms with E-state index in [0.29, 0.717) is 12.0 Å². The molecule has 0 saturated carbocycles. The van der Waals surface area contributed by atoms with Crippen molar-refractivity contribution in [3.63, 3.8) is 0 Å². The third-order valence-electron chi connectivity index (χ3n) is 5.27. The molecule has 1 saturated heterocycles. The minimum absolute atomic E-state index is 0.439. The number of ether oxygens (including phenoxy) is 1. The molecule has 1 aliphatic heterocycles. The van der Waals surface area contributed by atoms with Gasteiger partial charge in [-0.3, -0.25) is 0 Å². The van der Waals surface area contributed by atoms with Crippen molar-refractivity contribution in [3.8, 4) is 0 Å². The summed E-state index contributed by atoms with van der Waals surface area (Å²) < 4.78 is 6.83. The second kappa shape index (κ2) is 7.87. The quantitative estimate of drug-likeness (QED) is 0.531. The average Bonchev–Trinajstić information content (AvgIpc) is 3.11. The number of benzene rings is 2. The largest absolute Gasteiger partial charge is 0.394 e. The van der Waals surface area contributed by atoms with E-state index in [4.69, 9.17) is 4.74 Å². The number of fused-ring (bicyclic) bond motifs is 1. The molecule has 7 heteroatoms. The normalized spacial score (nSPS) is 28.0. The second-order valence-electron chi connectivity index (χ2n) is 7.19. The van der Waals surface area contributed by atoms with Crippen LogP contribution in [0.1, 0.15) is 27.8 Å². The summed E-state index contributed by atoms with van der Waals surface area (Å²) in [5.41, 5.74) is 3.81. The molecule has 2 heterocycles. The van der Waals surface area contributed by atoms with Gasteiger partial charge in [0.15, 0.2) is 0 Å². The fraction of sp³-hybridized carbons (Fsp3) is 0.381. The summed E-state index contributed by atoms with van der Waals surface area (Å²) in [7, 11) is 0. The Morgan fingerprint density at radius 1 is 1.04 bits per heavy atom. The molecule has 0 amide bonds. The van der Waals surface area contributed by atoms with E-state index in [1.165, 1.54) is 0 Å². The van der Waals surface area contributed by atoms with Crippen LogP contribution < -0.4 is 0 Å². The van der Waals surface area contributed by atoms with Gasteiger partial charge < -0.3 is 25.2 Å². The molecule has 1 aliphatic rings. The number of hydrogen-bond donors (Lipinski definition) is 4. The van der Waals surface area contributed by atoms with Crippen molar-refractivity contribution >= 4 is 21.6 Å². The molecule has 1 aromatic heterocycles. The van der Waals surface area contributed by atoms with E-state index in [-0.39, 0.29) is 0 Å². The van der Waals surface area contributed by atoms with E-state index in [1.807, 2.05) is 49.4 Å². The van der Waals surface area contributed by atoms with E-state index in [0.717, 1.165) is 26.4 Å². The van der Waals surface area contributed by atoms with Crippen LogP contribution in [-0.2, 0) is 11.2 Å². The van der Waals surface area contributed by atoms with Gasteiger partial charge in [-0.2, -0.15) is 0 Å². The van der Waals surface area contributed by atoms with Crippen molar-refractivity contribution in [1.29, 1.82) is 0 Å². The molecule has 2 aromatic carbocycles. The molecule has 1 unspecified atom stereocenters. The van der Waals surface area contributed by atoms with Crippen molar-refractivity contribution in [2.75, 3.05) is 6.61 Å². The standard InChI is InChI=1S/C21H23NO5S/c1-11-6-7-12(21-20(26)19(25)18(24)15(10-23)27-21)8-13(11)9-17-22-14-4-2-3-5-16(14)28-17/h2-8,15,18-21,23-26H,9-10H2,1H3/t15-,18-,19+,20-,21?/m1/s1. The summed E-state index contributed by atoms with van der Waals surface area (Å²) >= 11 is 1.65. The molecule has 4 rings (SSSR count). The van der Waals surface area contributed by atoms with Gasteiger partial charge in [0.05, 0.1) is 21.8 Å². The SMILES string of the molecule is Cc1ccc(C2O[C@H](CO)[C@@H](O)[C@H](O)[C@H]2O)cc1Cc1nc2ccccc2s1. The Kier molecular flexibility index (Phi) is 5.46. The van der Waals surface area contributed by atoms with Crippen molar-refractivity contribution in [2.45, 2.75) is 43.9 Å². The number of rotatable bonds is 4. The van der Waals surface area contributed by atoms with Crippen molar-refractivity contribution in [1.82, 2.24) is 4.98 Å². The highest BCUT2D eigenvalue weighted by Gasteiger charge is 2.43. The molecule has 4 N–H and O–H groups in total. The van der Waals surface area contributed by atoms with Crippen molar-refractivity contribution in [3.05, 3.63) is 64.2 Å². The van der Waals surface area contributed by atoms with Gasteiger partial charge in [0.1, 0.15) is 30.5 Å². The first-order valence-electron chi connectivity index (χ1n) is 9.22. The lowest BCUT2D eigenvalue weighted by Crippen LogP contribution is -2.55. The number of aliphatic hydroxyl groups excluding tert-OH is 4. The number of nitrogens with zero attached hydrogens (tertiary/aromatic N) is 1. The lowest BCUT2D eigenvalue weighted by molar-refractivity contribution is -0.231. The molecule has 1 fully saturated rings. The highest BCUT2D eigenvalue weighted by molar-refractivity contribution is 7.18. The maximum absolute atomic E-state index is 10.4. The predicted octanol–water partition coefficient (Wildman–Crippen LogP) is 1.71. The van der Waals surface area contributed by atoms with Gasteiger partial charge in [-0.05, 0) is 35.7 Å². The molecule has 6 nitrogen and oxygen atoms in total. The fourth-order valence-corrected chi connectivity index (χ4v) is 4.58. The van der Waals surface area contributed by atoms with Gasteiger partial charge in [-0.1, -0.05) is 30.3 Å². The van der Waals surface area contributed by atoms with Gasteiger partial charge >= 0.3 is 0 Å². The first-order valence-corrected chi connectivity index (χ1v) is 10.0. The summed E-state index contributed by atoms with van der Waals surface area (Å²) in [4.78, 5) is 4.69. The Hall–Kier alpha value is -1.87. The summed E-state index contributed by atoms with van der Waals surface area (Å²) in [6.07, 6.45) is -5.12. The highest BCUT2D eigenvalue weighted by Crippen LogP contribution is 2.34. The summed E-state index contributed by atoms with van der Waals surface area (Å²) in [5.74, 6) is 0. The summed E-state index contributed by atoms with van der Waals surface area (Å²) in [6.45, 7) is 1.57. The Labute approximate surface area is 166 Å². The third kappa shape index (κ3) is 3.57. The molecule has 0 aliphatic carbocycles. The van der Waals surface area contributed by atoms with Crippen LogP contribution in [0.4, 0.5) is 0 Å². The molecular weight excluding hydrogens is 378 g/mol. The maximum atomic E-state index is 10.4. The molecule has 148 valence electrons. The number of thiazole rings is 1. The van der Waals surface area contributed by atoms with Crippen LogP contribution in [0.5, 0.6) is 0 Å². The lowest BCUT2D eigenvalue weighted by atomic mass is 9.89. The van der Waals surface area contributed by atoms with E-state index >= 15 is 0 Å². The molecule has 0 radical (unpaired) electrons. The molecule has 28 heavy (non-hydrogen) atoms. The lowest BCUT2D eigenvalue weighted by Gasteiger charge is -2.40. The second-order valence-corrected chi connectivity index (χ2v) is 8.30. The first-order chi connectivity index (χ1) is 13.5. The van der Waals surface area contributed by atoms with Gasteiger partial charge in [0.2, 0.25) is 0 Å². The minimum Gasteiger partial charge on any atom is -0.394 e. The van der Waals surface area contributed by atoms with Gasteiger partial charge in [0.25, 0.3) is 0 Å². The van der Waals surface area contributed by atoms with Gasteiger partial charge in [-0.15, -0.1) is 11.3 Å². The van der Waals surface area contributed by atoms with Gasteiger partial charge in [0, 0.05) is 6.42 Å². The van der Waals surface area contributed by atoms with Gasteiger partial charge in [-0.25, -0.2) is 4.98 Å². The highest BCUT2D eigenvalue weighted by atomic mass is 32.1. The zero-order chi connectivity index (χ0) is 19.8. The molecule has 5 atom stereocenters. The number of aliphatic hydroxyl groups is 4. The molecule has 0 bridgehead atoms. The first kappa shape index (κ1) is 19.4. The van der Waals surface area contributed by atoms with E-state index in [2.05, 4.69) is 4.98 Å².